The van der Waals surface area contributed by atoms with Crippen LogP contribution >= 0.6 is 0 Å². The molecule has 84 valence electrons. The van der Waals surface area contributed by atoms with Crippen molar-refractivity contribution in [1.82, 2.24) is 4.90 Å². The van der Waals surface area contributed by atoms with Gasteiger partial charge in [0.25, 0.3) is 6.43 Å². The molecule has 14 heavy (non-hydrogen) atoms. The molecule has 0 radical (unpaired) electrons. The molecule has 0 aromatic carbocycles. The summed E-state index contributed by atoms with van der Waals surface area (Å²) in [7, 11) is 1.64. The average Bonchev–Trinajstić information content (AvgIpc) is 2.52. The molecule has 0 aromatic rings. The fourth-order valence-corrected chi connectivity index (χ4v) is 1.82. The van der Waals surface area contributed by atoms with Crippen LogP contribution in [-0.2, 0) is 4.74 Å². The molecule has 1 atom stereocenters. The second-order valence-corrected chi connectivity index (χ2v) is 4.05. The maximum atomic E-state index is 12.1. The monoisotopic (exact) mass is 209 g/mol. The average molecular weight is 209 g/mol. The Bertz CT molecular complexity index is 172. The first-order chi connectivity index (χ1) is 6.58. The van der Waals surface area contributed by atoms with Crippen molar-refractivity contribution in [3.05, 3.63) is 0 Å². The Balaban J connectivity index is 2.39. The van der Waals surface area contributed by atoms with E-state index in [0.29, 0.717) is 19.8 Å². The topological polar surface area (TPSA) is 32.7 Å². The van der Waals surface area contributed by atoms with E-state index >= 15 is 0 Å². The highest BCUT2D eigenvalue weighted by atomic mass is 19.3. The van der Waals surface area contributed by atoms with E-state index in [-0.39, 0.29) is 18.6 Å². The molecule has 0 aliphatic carbocycles. The standard InChI is InChI=1S/C9H17F2NO2/c1-12(4-8(10)11)5-9(6-13)2-3-14-7-9/h8,13H,2-7H2,1H3. The van der Waals surface area contributed by atoms with Crippen molar-refractivity contribution in [3.8, 4) is 0 Å². The number of alkyl halides is 2. The predicted octanol–water partition coefficient (Wildman–Crippen LogP) is 0.582. The van der Waals surface area contributed by atoms with Crippen LogP contribution in [0.2, 0.25) is 0 Å². The van der Waals surface area contributed by atoms with Gasteiger partial charge in [0, 0.05) is 18.6 Å². The molecule has 0 spiro atoms. The maximum Gasteiger partial charge on any atom is 0.251 e. The van der Waals surface area contributed by atoms with Crippen molar-refractivity contribution >= 4 is 0 Å². The van der Waals surface area contributed by atoms with Crippen molar-refractivity contribution in [3.63, 3.8) is 0 Å². The van der Waals surface area contributed by atoms with Crippen LogP contribution in [0.1, 0.15) is 6.42 Å². The Morgan fingerprint density at radius 2 is 2.29 bits per heavy atom. The minimum absolute atomic E-state index is 0.000574. The third kappa shape index (κ3) is 3.15. The van der Waals surface area contributed by atoms with Crippen molar-refractivity contribution in [2.24, 2.45) is 5.41 Å². The second kappa shape index (κ2) is 5.00. The highest BCUT2D eigenvalue weighted by molar-refractivity contribution is 4.85. The highest BCUT2D eigenvalue weighted by Gasteiger charge is 2.35. The second-order valence-electron chi connectivity index (χ2n) is 4.05. The first kappa shape index (κ1) is 11.8. The van der Waals surface area contributed by atoms with Gasteiger partial charge in [0.05, 0.1) is 19.8 Å². The third-order valence-electron chi connectivity index (χ3n) is 2.58. The van der Waals surface area contributed by atoms with Crippen LogP contribution in [0.4, 0.5) is 8.78 Å². The van der Waals surface area contributed by atoms with Crippen molar-refractivity contribution in [2.75, 3.05) is 40.0 Å². The summed E-state index contributed by atoms with van der Waals surface area (Å²) in [6.45, 7) is 1.30. The van der Waals surface area contributed by atoms with Gasteiger partial charge in [0.2, 0.25) is 0 Å². The molecule has 1 aliphatic heterocycles. The third-order valence-corrected chi connectivity index (χ3v) is 2.58. The van der Waals surface area contributed by atoms with Crippen molar-refractivity contribution in [2.45, 2.75) is 12.8 Å². The lowest BCUT2D eigenvalue weighted by molar-refractivity contribution is 0.0385. The number of halogens is 2. The lowest BCUT2D eigenvalue weighted by Crippen LogP contribution is -2.40. The number of rotatable bonds is 5. The van der Waals surface area contributed by atoms with E-state index in [9.17, 15) is 13.9 Å². The zero-order chi connectivity index (χ0) is 10.6. The molecule has 1 N–H and O–H groups in total. The summed E-state index contributed by atoms with van der Waals surface area (Å²) in [5, 5.41) is 9.21. The SMILES string of the molecule is CN(CC(F)F)CC1(CO)CCOC1. The van der Waals surface area contributed by atoms with Crippen LogP contribution in [0.3, 0.4) is 0 Å². The van der Waals surface area contributed by atoms with Gasteiger partial charge in [-0.3, -0.25) is 0 Å². The van der Waals surface area contributed by atoms with E-state index in [1.807, 2.05) is 0 Å². The minimum atomic E-state index is -2.32. The number of aliphatic hydroxyl groups is 1. The van der Waals surface area contributed by atoms with Gasteiger partial charge >= 0.3 is 0 Å². The van der Waals surface area contributed by atoms with E-state index in [0.717, 1.165) is 6.42 Å². The van der Waals surface area contributed by atoms with Gasteiger partial charge in [-0.25, -0.2) is 8.78 Å². The zero-order valence-corrected chi connectivity index (χ0v) is 8.38. The van der Waals surface area contributed by atoms with Crippen LogP contribution in [0, 0.1) is 5.41 Å². The predicted molar refractivity (Wildman–Crippen MR) is 48.5 cm³/mol. The summed E-state index contributed by atoms with van der Waals surface area (Å²) < 4.78 is 29.3. The summed E-state index contributed by atoms with van der Waals surface area (Å²) in [6, 6.07) is 0. The van der Waals surface area contributed by atoms with Gasteiger partial charge in [0.15, 0.2) is 0 Å². The number of hydrogen-bond donors (Lipinski definition) is 1. The van der Waals surface area contributed by atoms with Gasteiger partial charge in [-0.05, 0) is 13.5 Å². The van der Waals surface area contributed by atoms with Gasteiger partial charge in [-0.1, -0.05) is 0 Å². The molecule has 1 saturated heterocycles. The van der Waals surface area contributed by atoms with Crippen LogP contribution < -0.4 is 0 Å². The van der Waals surface area contributed by atoms with Gasteiger partial charge in [-0.15, -0.1) is 0 Å². The molecule has 1 heterocycles. The smallest absolute Gasteiger partial charge is 0.251 e. The van der Waals surface area contributed by atoms with Crippen molar-refractivity contribution in [1.29, 1.82) is 0 Å². The summed E-state index contributed by atoms with van der Waals surface area (Å²) >= 11 is 0. The van der Waals surface area contributed by atoms with E-state index in [1.54, 1.807) is 11.9 Å². The Morgan fingerprint density at radius 3 is 2.71 bits per heavy atom. The van der Waals surface area contributed by atoms with E-state index in [1.165, 1.54) is 0 Å². The molecule has 3 nitrogen and oxygen atoms in total. The molecule has 0 bridgehead atoms. The van der Waals surface area contributed by atoms with Crippen LogP contribution in [0.25, 0.3) is 0 Å². The summed E-state index contributed by atoms with van der Waals surface area (Å²) in [5.74, 6) is 0. The zero-order valence-electron chi connectivity index (χ0n) is 8.38. The number of aliphatic hydroxyl groups excluding tert-OH is 1. The van der Waals surface area contributed by atoms with E-state index in [2.05, 4.69) is 0 Å². The summed E-state index contributed by atoms with van der Waals surface area (Å²) in [4.78, 5) is 1.55. The number of hydrogen-bond acceptors (Lipinski definition) is 3. The Morgan fingerprint density at radius 1 is 1.57 bits per heavy atom. The number of nitrogens with zero attached hydrogens (tertiary/aromatic N) is 1. The fraction of sp³-hybridized carbons (Fsp3) is 1.00. The molecule has 1 unspecified atom stereocenters. The summed E-state index contributed by atoms with van der Waals surface area (Å²) in [5.41, 5.74) is -0.330. The normalized spacial score (nSPS) is 27.9. The fourth-order valence-electron chi connectivity index (χ4n) is 1.82. The highest BCUT2D eigenvalue weighted by Crippen LogP contribution is 2.28. The first-order valence-electron chi connectivity index (χ1n) is 4.73. The van der Waals surface area contributed by atoms with E-state index in [4.69, 9.17) is 4.74 Å². The molecular formula is C9H17F2NO2. The first-order valence-corrected chi connectivity index (χ1v) is 4.73. The van der Waals surface area contributed by atoms with Crippen molar-refractivity contribution < 1.29 is 18.6 Å². The lowest BCUT2D eigenvalue weighted by Gasteiger charge is -2.30. The van der Waals surface area contributed by atoms with Crippen LogP contribution in [0.5, 0.6) is 0 Å². The number of ether oxygens (including phenoxy) is 1. The van der Waals surface area contributed by atoms with Gasteiger partial charge < -0.3 is 14.7 Å². The quantitative estimate of drug-likeness (QED) is 0.719. The molecule has 0 amide bonds. The van der Waals surface area contributed by atoms with Crippen LogP contribution in [0.15, 0.2) is 0 Å². The lowest BCUT2D eigenvalue weighted by atomic mass is 9.88. The Kier molecular flexibility index (Phi) is 4.22. The molecule has 0 saturated carbocycles. The molecule has 1 aliphatic rings. The molecule has 1 fully saturated rings. The van der Waals surface area contributed by atoms with Crippen LogP contribution in [-0.4, -0.2) is 56.4 Å². The molecule has 1 rings (SSSR count). The van der Waals surface area contributed by atoms with Gasteiger partial charge in [0.1, 0.15) is 0 Å². The summed E-state index contributed by atoms with van der Waals surface area (Å²) in [6.07, 6.45) is -1.57. The maximum absolute atomic E-state index is 12.1. The van der Waals surface area contributed by atoms with E-state index < -0.39 is 6.43 Å². The molecule has 0 aromatic heterocycles. The van der Waals surface area contributed by atoms with Gasteiger partial charge in [-0.2, -0.15) is 0 Å². The molecule has 5 heteroatoms. The minimum Gasteiger partial charge on any atom is -0.396 e. The largest absolute Gasteiger partial charge is 0.396 e. The molecular weight excluding hydrogens is 192 g/mol. The Labute approximate surface area is 82.7 Å². The Hall–Kier alpha value is -0.260.